The van der Waals surface area contributed by atoms with Gasteiger partial charge in [0, 0.05) is 19.6 Å². The molecule has 1 aliphatic rings. The second kappa shape index (κ2) is 5.96. The average Bonchev–Trinajstić information content (AvgIpc) is 2.26. The predicted molar refractivity (Wildman–Crippen MR) is 65.2 cm³/mol. The molecule has 0 aromatic heterocycles. The minimum absolute atomic E-state index is 0.303. The number of aliphatic hydroxyl groups excluding tert-OH is 2. The van der Waals surface area contributed by atoms with Gasteiger partial charge in [0.1, 0.15) is 6.23 Å². The number of aliphatic hydroxyl groups is 2. The molecule has 4 nitrogen and oxygen atoms in total. The zero-order chi connectivity index (χ0) is 12.2. The Morgan fingerprint density at radius 3 is 2.56 bits per heavy atom. The molecule has 1 heterocycles. The van der Waals surface area contributed by atoms with Crippen molar-refractivity contribution in [3.05, 3.63) is 0 Å². The van der Waals surface area contributed by atoms with Crippen LogP contribution in [0.15, 0.2) is 0 Å². The number of rotatable bonds is 5. The summed E-state index contributed by atoms with van der Waals surface area (Å²) in [4.78, 5) is 2.05. The highest BCUT2D eigenvalue weighted by atomic mass is 16.3. The Labute approximate surface area is 98.6 Å². The van der Waals surface area contributed by atoms with Crippen LogP contribution in [0.25, 0.3) is 0 Å². The molecule has 1 aliphatic heterocycles. The Kier molecular flexibility index (Phi) is 5.18. The van der Waals surface area contributed by atoms with E-state index < -0.39 is 12.3 Å². The predicted octanol–water partition coefficient (Wildman–Crippen LogP) is 0.540. The number of piperazine rings is 1. The quantitative estimate of drug-likeness (QED) is 0.645. The van der Waals surface area contributed by atoms with Crippen LogP contribution in [-0.2, 0) is 0 Å². The summed E-state index contributed by atoms with van der Waals surface area (Å²) >= 11 is 0. The van der Waals surface area contributed by atoms with Crippen molar-refractivity contribution in [2.24, 2.45) is 0 Å². The molecule has 0 amide bonds. The van der Waals surface area contributed by atoms with Crippen molar-refractivity contribution in [3.8, 4) is 0 Å². The molecule has 3 N–H and O–H groups in total. The van der Waals surface area contributed by atoms with E-state index in [2.05, 4.69) is 12.2 Å². The molecule has 16 heavy (non-hydrogen) atoms. The number of unbranched alkanes of at least 4 members (excludes halogenated alkanes) is 1. The van der Waals surface area contributed by atoms with Crippen molar-refractivity contribution in [2.75, 3.05) is 19.6 Å². The number of hydrogen-bond acceptors (Lipinski definition) is 4. The Balaban J connectivity index is 2.84. The van der Waals surface area contributed by atoms with Crippen molar-refractivity contribution in [1.82, 2.24) is 10.2 Å². The van der Waals surface area contributed by atoms with Gasteiger partial charge in [0.25, 0.3) is 0 Å². The van der Waals surface area contributed by atoms with Crippen LogP contribution >= 0.6 is 0 Å². The van der Waals surface area contributed by atoms with Gasteiger partial charge in [-0.25, -0.2) is 0 Å². The first-order valence-corrected chi connectivity index (χ1v) is 6.38. The zero-order valence-electron chi connectivity index (χ0n) is 10.7. The van der Waals surface area contributed by atoms with E-state index in [1.165, 1.54) is 0 Å². The fourth-order valence-electron chi connectivity index (χ4n) is 2.70. The second-order valence-corrected chi connectivity index (χ2v) is 4.89. The van der Waals surface area contributed by atoms with E-state index in [1.54, 1.807) is 6.92 Å². The summed E-state index contributed by atoms with van der Waals surface area (Å²) in [7, 11) is 0. The van der Waals surface area contributed by atoms with Crippen LogP contribution in [0.4, 0.5) is 0 Å². The zero-order valence-corrected chi connectivity index (χ0v) is 10.7. The molecule has 1 fully saturated rings. The van der Waals surface area contributed by atoms with Crippen molar-refractivity contribution >= 4 is 0 Å². The Bertz CT molecular complexity index is 209. The lowest BCUT2D eigenvalue weighted by Gasteiger charge is -2.51. The summed E-state index contributed by atoms with van der Waals surface area (Å²) in [5, 5.41) is 23.3. The van der Waals surface area contributed by atoms with E-state index in [1.807, 2.05) is 11.8 Å². The minimum atomic E-state index is -0.492. The molecule has 0 saturated carbocycles. The van der Waals surface area contributed by atoms with E-state index >= 15 is 0 Å². The standard InChI is InChI=1S/C12H26N2O2/c1-4-5-6-12(10(2)15)9-13-7-8-14(12)11(3)16/h10-11,13,15-16H,4-9H2,1-3H3. The number of hydrogen-bond donors (Lipinski definition) is 3. The smallest absolute Gasteiger partial charge is 0.105 e. The van der Waals surface area contributed by atoms with Gasteiger partial charge in [0.05, 0.1) is 11.6 Å². The molecule has 1 saturated heterocycles. The van der Waals surface area contributed by atoms with Crippen molar-refractivity contribution in [1.29, 1.82) is 0 Å². The van der Waals surface area contributed by atoms with Gasteiger partial charge in [-0.2, -0.15) is 0 Å². The lowest BCUT2D eigenvalue weighted by atomic mass is 9.83. The van der Waals surface area contributed by atoms with E-state index in [-0.39, 0.29) is 5.54 Å². The molecular formula is C12H26N2O2. The van der Waals surface area contributed by atoms with Gasteiger partial charge < -0.3 is 15.5 Å². The lowest BCUT2D eigenvalue weighted by molar-refractivity contribution is -0.120. The van der Waals surface area contributed by atoms with E-state index in [0.29, 0.717) is 0 Å². The van der Waals surface area contributed by atoms with Crippen LogP contribution < -0.4 is 5.32 Å². The third kappa shape index (κ3) is 2.74. The van der Waals surface area contributed by atoms with E-state index in [9.17, 15) is 10.2 Å². The molecule has 0 spiro atoms. The molecule has 0 aliphatic carbocycles. The summed E-state index contributed by atoms with van der Waals surface area (Å²) in [6.45, 7) is 8.21. The first-order chi connectivity index (χ1) is 7.54. The highest BCUT2D eigenvalue weighted by Gasteiger charge is 2.43. The Morgan fingerprint density at radius 1 is 1.38 bits per heavy atom. The Morgan fingerprint density at radius 2 is 2.06 bits per heavy atom. The molecule has 0 radical (unpaired) electrons. The Hall–Kier alpha value is -0.160. The molecular weight excluding hydrogens is 204 g/mol. The molecule has 3 atom stereocenters. The van der Waals surface area contributed by atoms with Gasteiger partial charge in [-0.05, 0) is 20.3 Å². The number of nitrogens with zero attached hydrogens (tertiary/aromatic N) is 1. The summed E-state index contributed by atoms with van der Waals surface area (Å²) in [6.07, 6.45) is 2.20. The van der Waals surface area contributed by atoms with Crippen LogP contribution in [0.5, 0.6) is 0 Å². The fraction of sp³-hybridized carbons (Fsp3) is 1.00. The molecule has 4 heteroatoms. The maximum atomic E-state index is 10.1. The van der Waals surface area contributed by atoms with Crippen LogP contribution in [0.3, 0.4) is 0 Å². The summed E-state index contributed by atoms with van der Waals surface area (Å²) in [5.74, 6) is 0. The largest absolute Gasteiger partial charge is 0.391 e. The van der Waals surface area contributed by atoms with Crippen LogP contribution in [0, 0.1) is 0 Å². The van der Waals surface area contributed by atoms with Gasteiger partial charge in [-0.1, -0.05) is 19.8 Å². The number of nitrogens with one attached hydrogen (secondary N) is 1. The topological polar surface area (TPSA) is 55.7 Å². The average molecular weight is 230 g/mol. The SMILES string of the molecule is CCCCC1(C(C)O)CNCCN1C(C)O. The molecule has 96 valence electrons. The molecule has 0 aromatic carbocycles. The molecule has 0 bridgehead atoms. The molecule has 0 aromatic rings. The maximum Gasteiger partial charge on any atom is 0.105 e. The van der Waals surface area contributed by atoms with Gasteiger partial charge in [0.15, 0.2) is 0 Å². The summed E-state index contributed by atoms with van der Waals surface area (Å²) in [5.41, 5.74) is -0.303. The van der Waals surface area contributed by atoms with Crippen LogP contribution in [-0.4, -0.2) is 52.6 Å². The highest BCUT2D eigenvalue weighted by molar-refractivity contribution is 5.00. The van der Waals surface area contributed by atoms with E-state index in [0.717, 1.165) is 38.9 Å². The van der Waals surface area contributed by atoms with Crippen molar-refractivity contribution in [2.45, 2.75) is 57.9 Å². The molecule has 1 rings (SSSR count). The van der Waals surface area contributed by atoms with Gasteiger partial charge in [-0.3, -0.25) is 4.90 Å². The fourth-order valence-corrected chi connectivity index (χ4v) is 2.70. The minimum Gasteiger partial charge on any atom is -0.391 e. The monoisotopic (exact) mass is 230 g/mol. The second-order valence-electron chi connectivity index (χ2n) is 4.89. The van der Waals surface area contributed by atoms with Gasteiger partial charge in [0.2, 0.25) is 0 Å². The summed E-state index contributed by atoms with van der Waals surface area (Å²) < 4.78 is 0. The third-order valence-corrected chi connectivity index (χ3v) is 3.72. The lowest BCUT2D eigenvalue weighted by Crippen LogP contribution is -2.68. The normalized spacial score (nSPS) is 31.3. The van der Waals surface area contributed by atoms with E-state index in [4.69, 9.17) is 0 Å². The third-order valence-electron chi connectivity index (χ3n) is 3.72. The van der Waals surface area contributed by atoms with Crippen molar-refractivity contribution in [3.63, 3.8) is 0 Å². The van der Waals surface area contributed by atoms with Gasteiger partial charge >= 0.3 is 0 Å². The van der Waals surface area contributed by atoms with Gasteiger partial charge in [-0.15, -0.1) is 0 Å². The van der Waals surface area contributed by atoms with Crippen LogP contribution in [0.2, 0.25) is 0 Å². The van der Waals surface area contributed by atoms with Crippen molar-refractivity contribution < 1.29 is 10.2 Å². The first-order valence-electron chi connectivity index (χ1n) is 6.38. The highest BCUT2D eigenvalue weighted by Crippen LogP contribution is 2.29. The first kappa shape index (κ1) is 13.9. The summed E-state index contributed by atoms with van der Waals surface area (Å²) in [6, 6.07) is 0. The maximum absolute atomic E-state index is 10.1. The van der Waals surface area contributed by atoms with Crippen LogP contribution in [0.1, 0.15) is 40.0 Å². The molecule has 3 unspecified atom stereocenters.